The van der Waals surface area contributed by atoms with Crippen molar-refractivity contribution >= 4 is 5.91 Å². The number of ether oxygens (including phenoxy) is 1. The maximum atomic E-state index is 13.1. The van der Waals surface area contributed by atoms with Gasteiger partial charge in [-0.3, -0.25) is 9.78 Å². The Kier molecular flexibility index (Phi) is 4.87. The van der Waals surface area contributed by atoms with Crippen LogP contribution in [0.1, 0.15) is 28.8 Å². The minimum Gasteiger partial charge on any atom is -0.471 e. The van der Waals surface area contributed by atoms with Gasteiger partial charge in [0.25, 0.3) is 5.91 Å². The molecule has 1 atom stereocenters. The second kappa shape index (κ2) is 7.08. The molecule has 0 aliphatic carbocycles. The second-order valence-corrected chi connectivity index (χ2v) is 5.72. The number of halogens is 3. The lowest BCUT2D eigenvalue weighted by Gasteiger charge is -2.33. The van der Waals surface area contributed by atoms with Crippen LogP contribution < -0.4 is 4.74 Å². The molecule has 1 aliphatic rings. The van der Waals surface area contributed by atoms with Gasteiger partial charge in [0.05, 0.1) is 23.9 Å². The summed E-state index contributed by atoms with van der Waals surface area (Å²) < 4.78 is 45.1. The number of hydrogen-bond donors (Lipinski definition) is 0. The summed E-state index contributed by atoms with van der Waals surface area (Å²) in [7, 11) is 0. The standard InChI is InChI=1S/C17H16F3N3O2/c18-17(19,20)14-6-2-1-5-13(14)16(24)23-9-3-4-12(11-23)25-15-10-21-7-8-22-15/h1-2,5-8,10,12H,3-4,9,11H2. The van der Waals surface area contributed by atoms with Gasteiger partial charge in [-0.15, -0.1) is 0 Å². The Hall–Kier alpha value is -2.64. The zero-order valence-electron chi connectivity index (χ0n) is 13.2. The van der Waals surface area contributed by atoms with Crippen LogP contribution in [-0.4, -0.2) is 40.0 Å². The number of rotatable bonds is 3. The van der Waals surface area contributed by atoms with E-state index in [4.69, 9.17) is 4.74 Å². The molecule has 1 aliphatic heterocycles. The molecule has 0 saturated carbocycles. The highest BCUT2D eigenvalue weighted by Gasteiger charge is 2.36. The van der Waals surface area contributed by atoms with Crippen molar-refractivity contribution in [1.29, 1.82) is 0 Å². The Morgan fingerprint density at radius 2 is 2.04 bits per heavy atom. The predicted molar refractivity (Wildman–Crippen MR) is 83.0 cm³/mol. The summed E-state index contributed by atoms with van der Waals surface area (Å²) in [6.45, 7) is 0.604. The van der Waals surface area contributed by atoms with E-state index in [0.717, 1.165) is 6.07 Å². The summed E-state index contributed by atoms with van der Waals surface area (Å²) in [6.07, 6.45) is 0.897. The van der Waals surface area contributed by atoms with Crippen molar-refractivity contribution in [2.24, 2.45) is 0 Å². The Morgan fingerprint density at radius 1 is 1.24 bits per heavy atom. The maximum Gasteiger partial charge on any atom is 0.417 e. The summed E-state index contributed by atoms with van der Waals surface area (Å²) in [5, 5.41) is 0. The van der Waals surface area contributed by atoms with E-state index in [2.05, 4.69) is 9.97 Å². The number of piperidine rings is 1. The van der Waals surface area contributed by atoms with E-state index in [1.54, 1.807) is 0 Å². The number of amides is 1. The number of benzene rings is 1. The first-order valence-corrected chi connectivity index (χ1v) is 7.83. The summed E-state index contributed by atoms with van der Waals surface area (Å²) >= 11 is 0. The first-order valence-electron chi connectivity index (χ1n) is 7.83. The zero-order valence-corrected chi connectivity index (χ0v) is 13.2. The van der Waals surface area contributed by atoms with Crippen LogP contribution in [-0.2, 0) is 6.18 Å². The van der Waals surface area contributed by atoms with Crippen LogP contribution in [0.25, 0.3) is 0 Å². The number of carbonyl (C=O) groups excluding carboxylic acids is 1. The summed E-state index contributed by atoms with van der Waals surface area (Å²) in [6, 6.07) is 4.83. The first kappa shape index (κ1) is 17.2. The zero-order chi connectivity index (χ0) is 17.9. The topological polar surface area (TPSA) is 55.3 Å². The van der Waals surface area contributed by atoms with Crippen molar-refractivity contribution in [3.05, 3.63) is 54.0 Å². The molecule has 1 fully saturated rings. The predicted octanol–water partition coefficient (Wildman–Crippen LogP) is 3.18. The third-order valence-electron chi connectivity index (χ3n) is 3.96. The number of carbonyl (C=O) groups is 1. The molecule has 132 valence electrons. The van der Waals surface area contributed by atoms with Crippen molar-refractivity contribution in [3.63, 3.8) is 0 Å². The third-order valence-corrected chi connectivity index (χ3v) is 3.96. The molecule has 1 saturated heterocycles. The minimum absolute atomic E-state index is 0.210. The number of alkyl halides is 3. The van der Waals surface area contributed by atoms with Crippen LogP contribution in [0.2, 0.25) is 0 Å². The number of likely N-dealkylation sites (tertiary alicyclic amines) is 1. The molecule has 1 aromatic carbocycles. The van der Waals surface area contributed by atoms with E-state index < -0.39 is 17.6 Å². The van der Waals surface area contributed by atoms with Crippen LogP contribution in [0.5, 0.6) is 5.88 Å². The molecule has 2 aromatic rings. The largest absolute Gasteiger partial charge is 0.471 e. The van der Waals surface area contributed by atoms with Crippen LogP contribution in [0, 0.1) is 0 Å². The molecule has 1 aromatic heterocycles. The van der Waals surface area contributed by atoms with E-state index >= 15 is 0 Å². The van der Waals surface area contributed by atoms with Crippen LogP contribution in [0.4, 0.5) is 13.2 Å². The van der Waals surface area contributed by atoms with Crippen molar-refractivity contribution in [1.82, 2.24) is 14.9 Å². The lowest BCUT2D eigenvalue weighted by Crippen LogP contribution is -2.44. The van der Waals surface area contributed by atoms with Gasteiger partial charge in [0.15, 0.2) is 0 Å². The van der Waals surface area contributed by atoms with Crippen molar-refractivity contribution in [2.45, 2.75) is 25.1 Å². The van der Waals surface area contributed by atoms with Crippen LogP contribution in [0.15, 0.2) is 42.9 Å². The molecule has 25 heavy (non-hydrogen) atoms. The Morgan fingerprint density at radius 3 is 2.76 bits per heavy atom. The number of aromatic nitrogens is 2. The summed E-state index contributed by atoms with van der Waals surface area (Å²) in [5.74, 6) is -0.308. The van der Waals surface area contributed by atoms with Crippen molar-refractivity contribution in [3.8, 4) is 5.88 Å². The highest BCUT2D eigenvalue weighted by molar-refractivity contribution is 5.96. The minimum atomic E-state index is -4.57. The maximum absolute atomic E-state index is 13.1. The monoisotopic (exact) mass is 351 g/mol. The molecule has 0 radical (unpaired) electrons. The van der Waals surface area contributed by atoms with Crippen LogP contribution in [0.3, 0.4) is 0 Å². The Labute approximate surface area is 142 Å². The van der Waals surface area contributed by atoms with E-state index in [-0.39, 0.29) is 18.2 Å². The van der Waals surface area contributed by atoms with Gasteiger partial charge in [0.1, 0.15) is 6.10 Å². The number of hydrogen-bond acceptors (Lipinski definition) is 4. The normalized spacial score (nSPS) is 18.0. The highest BCUT2D eigenvalue weighted by Crippen LogP contribution is 2.32. The fourth-order valence-corrected chi connectivity index (χ4v) is 2.82. The highest BCUT2D eigenvalue weighted by atomic mass is 19.4. The van der Waals surface area contributed by atoms with E-state index in [1.165, 1.54) is 41.7 Å². The lowest BCUT2D eigenvalue weighted by atomic mass is 10.0. The van der Waals surface area contributed by atoms with Gasteiger partial charge < -0.3 is 9.64 Å². The third kappa shape index (κ3) is 4.07. The second-order valence-electron chi connectivity index (χ2n) is 5.72. The summed E-state index contributed by atoms with van der Waals surface area (Å²) in [5.41, 5.74) is -1.26. The van der Waals surface area contributed by atoms with Gasteiger partial charge in [-0.25, -0.2) is 4.98 Å². The molecule has 0 spiro atoms. The molecule has 5 nitrogen and oxygen atoms in total. The molecule has 3 rings (SSSR count). The van der Waals surface area contributed by atoms with E-state index in [0.29, 0.717) is 25.3 Å². The number of nitrogens with zero attached hydrogens (tertiary/aromatic N) is 3. The molecule has 8 heteroatoms. The lowest BCUT2D eigenvalue weighted by molar-refractivity contribution is -0.138. The Balaban J connectivity index is 1.75. The van der Waals surface area contributed by atoms with Gasteiger partial charge in [-0.05, 0) is 25.0 Å². The average Bonchev–Trinajstić information content (AvgIpc) is 2.61. The molecule has 0 bridgehead atoms. The van der Waals surface area contributed by atoms with Crippen molar-refractivity contribution in [2.75, 3.05) is 13.1 Å². The van der Waals surface area contributed by atoms with Gasteiger partial charge in [0.2, 0.25) is 5.88 Å². The van der Waals surface area contributed by atoms with Gasteiger partial charge in [-0.1, -0.05) is 12.1 Å². The Bertz CT molecular complexity index is 737. The van der Waals surface area contributed by atoms with Gasteiger partial charge in [-0.2, -0.15) is 13.2 Å². The van der Waals surface area contributed by atoms with Crippen molar-refractivity contribution < 1.29 is 22.7 Å². The van der Waals surface area contributed by atoms with E-state index in [9.17, 15) is 18.0 Å². The molecular weight excluding hydrogens is 335 g/mol. The SMILES string of the molecule is O=C(c1ccccc1C(F)(F)F)N1CCCC(Oc2cnccn2)C1. The molecule has 2 heterocycles. The van der Waals surface area contributed by atoms with Crippen LogP contribution >= 0.6 is 0 Å². The molecular formula is C17H16F3N3O2. The fraction of sp³-hybridized carbons (Fsp3) is 0.353. The summed E-state index contributed by atoms with van der Waals surface area (Å²) in [4.78, 5) is 21.9. The molecule has 1 unspecified atom stereocenters. The first-order chi connectivity index (χ1) is 11.9. The van der Waals surface area contributed by atoms with E-state index in [1.807, 2.05) is 0 Å². The molecule has 1 amide bonds. The van der Waals surface area contributed by atoms with Gasteiger partial charge >= 0.3 is 6.18 Å². The quantitative estimate of drug-likeness (QED) is 0.852. The smallest absolute Gasteiger partial charge is 0.417 e. The van der Waals surface area contributed by atoms with Gasteiger partial charge in [0, 0.05) is 18.9 Å². The molecule has 0 N–H and O–H groups in total. The average molecular weight is 351 g/mol. The fourth-order valence-electron chi connectivity index (χ4n) is 2.82.